The van der Waals surface area contributed by atoms with E-state index >= 15 is 0 Å². The van der Waals surface area contributed by atoms with Crippen molar-refractivity contribution in [2.24, 2.45) is 0 Å². The molecule has 5 nitrogen and oxygen atoms in total. The van der Waals surface area contributed by atoms with Crippen molar-refractivity contribution in [1.82, 2.24) is 0 Å². The van der Waals surface area contributed by atoms with E-state index in [1.807, 2.05) is 61.5 Å². The van der Waals surface area contributed by atoms with E-state index in [0.29, 0.717) is 24.3 Å². The largest absolute Gasteiger partial charge is 0.494 e. The van der Waals surface area contributed by atoms with Crippen LogP contribution in [-0.4, -0.2) is 18.5 Å². The van der Waals surface area contributed by atoms with Crippen LogP contribution in [0.4, 0.5) is 0 Å². The predicted molar refractivity (Wildman–Crippen MR) is 114 cm³/mol. The predicted octanol–water partition coefficient (Wildman–Crippen LogP) is 4.98. The maximum Gasteiger partial charge on any atom is 0.338 e. The number of rotatable bonds is 9. The second-order valence-electron chi connectivity index (χ2n) is 6.64. The number of esters is 2. The summed E-state index contributed by atoms with van der Waals surface area (Å²) in [5.41, 5.74) is 2.36. The lowest BCUT2D eigenvalue weighted by molar-refractivity contribution is -0.134. The number of hydrogen-bond acceptors (Lipinski definition) is 5. The summed E-state index contributed by atoms with van der Waals surface area (Å²) in [6, 6.07) is 23.5. The lowest BCUT2D eigenvalue weighted by atomic mass is 10.1. The highest BCUT2D eigenvalue weighted by atomic mass is 16.5. The summed E-state index contributed by atoms with van der Waals surface area (Å²) in [7, 11) is 0. The molecule has 0 spiro atoms. The van der Waals surface area contributed by atoms with E-state index in [1.165, 1.54) is 0 Å². The third kappa shape index (κ3) is 6.48. The van der Waals surface area contributed by atoms with Crippen LogP contribution >= 0.6 is 0 Å². The van der Waals surface area contributed by atoms with Crippen molar-refractivity contribution in [2.45, 2.75) is 26.4 Å². The number of benzene rings is 3. The average Bonchev–Trinajstić information content (AvgIpc) is 2.78. The van der Waals surface area contributed by atoms with Gasteiger partial charge < -0.3 is 14.2 Å². The van der Waals surface area contributed by atoms with Crippen molar-refractivity contribution in [3.63, 3.8) is 0 Å². The molecule has 0 aromatic heterocycles. The molecule has 0 aliphatic heterocycles. The van der Waals surface area contributed by atoms with Crippen molar-refractivity contribution < 1.29 is 23.8 Å². The van der Waals surface area contributed by atoms with Gasteiger partial charge >= 0.3 is 11.9 Å². The summed E-state index contributed by atoms with van der Waals surface area (Å²) in [5.74, 6) is 0.452. The Bertz CT molecular complexity index is 947. The van der Waals surface area contributed by atoms with E-state index in [0.717, 1.165) is 16.9 Å². The molecule has 0 atom stereocenters. The Hall–Kier alpha value is -3.60. The van der Waals surface area contributed by atoms with Crippen LogP contribution in [0.5, 0.6) is 11.5 Å². The molecule has 0 aliphatic carbocycles. The number of carbonyl (C=O) groups is 2. The molecule has 30 heavy (non-hydrogen) atoms. The Kier molecular flexibility index (Phi) is 7.61. The van der Waals surface area contributed by atoms with Gasteiger partial charge in [-0.25, -0.2) is 4.79 Å². The van der Waals surface area contributed by atoms with Crippen LogP contribution < -0.4 is 9.47 Å². The van der Waals surface area contributed by atoms with Gasteiger partial charge in [-0.1, -0.05) is 42.5 Å². The van der Waals surface area contributed by atoms with Crippen LogP contribution in [0, 0.1) is 0 Å². The van der Waals surface area contributed by atoms with E-state index in [2.05, 4.69) is 0 Å². The van der Waals surface area contributed by atoms with Gasteiger partial charge in [0.1, 0.15) is 18.1 Å². The third-order valence-electron chi connectivity index (χ3n) is 4.39. The van der Waals surface area contributed by atoms with E-state index < -0.39 is 5.97 Å². The molecular formula is C25H24O5. The van der Waals surface area contributed by atoms with Crippen molar-refractivity contribution in [3.05, 3.63) is 95.6 Å². The van der Waals surface area contributed by atoms with Gasteiger partial charge in [-0.3, -0.25) is 4.79 Å². The molecule has 3 rings (SSSR count). The molecule has 0 N–H and O–H groups in total. The molecule has 0 amide bonds. The van der Waals surface area contributed by atoms with E-state index in [9.17, 15) is 9.59 Å². The molecule has 0 fully saturated rings. The van der Waals surface area contributed by atoms with Crippen LogP contribution in [0.15, 0.2) is 78.9 Å². The van der Waals surface area contributed by atoms with Gasteiger partial charge in [-0.15, -0.1) is 0 Å². The minimum absolute atomic E-state index is 0.210. The Balaban J connectivity index is 1.45. The van der Waals surface area contributed by atoms with Gasteiger partial charge in [-0.05, 0) is 60.9 Å². The summed E-state index contributed by atoms with van der Waals surface area (Å²) in [6.07, 6.45) is 0.837. The first-order valence-corrected chi connectivity index (χ1v) is 9.87. The fourth-order valence-corrected chi connectivity index (χ4v) is 2.81. The Morgan fingerprint density at radius 2 is 1.43 bits per heavy atom. The summed E-state index contributed by atoms with van der Waals surface area (Å²) in [6.45, 7) is 2.77. The van der Waals surface area contributed by atoms with Gasteiger partial charge in [0, 0.05) is 6.42 Å². The van der Waals surface area contributed by atoms with Gasteiger partial charge in [0.05, 0.1) is 12.2 Å². The number of ether oxygens (including phenoxy) is 3. The average molecular weight is 404 g/mol. The zero-order chi connectivity index (χ0) is 21.2. The van der Waals surface area contributed by atoms with Crippen LogP contribution in [0.3, 0.4) is 0 Å². The first-order chi connectivity index (χ1) is 14.6. The zero-order valence-electron chi connectivity index (χ0n) is 16.9. The maximum atomic E-state index is 12.1. The van der Waals surface area contributed by atoms with Gasteiger partial charge in [-0.2, -0.15) is 0 Å². The molecule has 0 bridgehead atoms. The number of aryl methyl sites for hydroxylation is 1. The normalized spacial score (nSPS) is 10.3. The fraction of sp³-hybridized carbons (Fsp3) is 0.200. The van der Waals surface area contributed by atoms with Crippen LogP contribution in [0.25, 0.3) is 0 Å². The van der Waals surface area contributed by atoms with Crippen molar-refractivity contribution >= 4 is 11.9 Å². The minimum atomic E-state index is -0.424. The molecule has 0 heterocycles. The van der Waals surface area contributed by atoms with E-state index in [4.69, 9.17) is 14.2 Å². The second kappa shape index (κ2) is 10.8. The molecule has 3 aromatic rings. The van der Waals surface area contributed by atoms with Gasteiger partial charge in [0.25, 0.3) is 0 Å². The van der Waals surface area contributed by atoms with Crippen LogP contribution in [-0.2, 0) is 22.6 Å². The van der Waals surface area contributed by atoms with Crippen LogP contribution in [0.1, 0.15) is 34.8 Å². The molecule has 0 aliphatic rings. The summed E-state index contributed by atoms with van der Waals surface area (Å²) in [4.78, 5) is 24.2. The highest BCUT2D eigenvalue weighted by Gasteiger charge is 2.10. The molecule has 154 valence electrons. The minimum Gasteiger partial charge on any atom is -0.494 e. The number of hydrogen-bond donors (Lipinski definition) is 0. The highest BCUT2D eigenvalue weighted by Crippen LogP contribution is 2.16. The highest BCUT2D eigenvalue weighted by molar-refractivity contribution is 5.89. The molecule has 3 aromatic carbocycles. The molecule has 0 radical (unpaired) electrons. The van der Waals surface area contributed by atoms with Crippen molar-refractivity contribution in [2.75, 3.05) is 6.61 Å². The fourth-order valence-electron chi connectivity index (χ4n) is 2.81. The second-order valence-corrected chi connectivity index (χ2v) is 6.64. The molecule has 5 heteroatoms. The number of carbonyl (C=O) groups excluding carboxylic acids is 2. The smallest absolute Gasteiger partial charge is 0.338 e. The first-order valence-electron chi connectivity index (χ1n) is 9.87. The Labute approximate surface area is 176 Å². The first kappa shape index (κ1) is 21.1. The van der Waals surface area contributed by atoms with E-state index in [-0.39, 0.29) is 19.0 Å². The van der Waals surface area contributed by atoms with Gasteiger partial charge in [0.2, 0.25) is 0 Å². The summed E-state index contributed by atoms with van der Waals surface area (Å²) < 4.78 is 16.0. The Morgan fingerprint density at radius 3 is 2.10 bits per heavy atom. The Morgan fingerprint density at radius 1 is 0.767 bits per heavy atom. The lowest BCUT2D eigenvalue weighted by Gasteiger charge is -2.07. The van der Waals surface area contributed by atoms with Crippen molar-refractivity contribution in [1.29, 1.82) is 0 Å². The SMILES string of the molecule is CCOc1ccc(CCC(=O)Oc2ccc(C(=O)OCc3ccccc3)cc2)cc1. The monoisotopic (exact) mass is 404 g/mol. The van der Waals surface area contributed by atoms with Gasteiger partial charge in [0.15, 0.2) is 0 Å². The molecule has 0 unspecified atom stereocenters. The lowest BCUT2D eigenvalue weighted by Crippen LogP contribution is -2.09. The summed E-state index contributed by atoms with van der Waals surface area (Å²) >= 11 is 0. The molecular weight excluding hydrogens is 380 g/mol. The third-order valence-corrected chi connectivity index (χ3v) is 4.39. The van der Waals surface area contributed by atoms with Crippen molar-refractivity contribution in [3.8, 4) is 11.5 Å². The molecule has 0 saturated heterocycles. The zero-order valence-corrected chi connectivity index (χ0v) is 16.9. The van der Waals surface area contributed by atoms with E-state index in [1.54, 1.807) is 24.3 Å². The quantitative estimate of drug-likeness (QED) is 0.372. The standard InChI is InChI=1S/C25H24O5/c1-2-28-22-13-8-19(9-14-22)10-17-24(26)30-23-15-11-21(12-16-23)25(27)29-18-20-6-4-3-5-7-20/h3-9,11-16H,2,10,17-18H2,1H3. The molecule has 0 saturated carbocycles. The summed E-state index contributed by atoms with van der Waals surface area (Å²) in [5, 5.41) is 0. The topological polar surface area (TPSA) is 61.8 Å². The maximum absolute atomic E-state index is 12.1. The van der Waals surface area contributed by atoms with Crippen LogP contribution in [0.2, 0.25) is 0 Å².